The van der Waals surface area contributed by atoms with Crippen LogP contribution in [0.4, 0.5) is 0 Å². The van der Waals surface area contributed by atoms with Gasteiger partial charge in [0.05, 0.1) is 10.6 Å². The summed E-state index contributed by atoms with van der Waals surface area (Å²) in [5.41, 5.74) is 2.64. The normalized spacial score (nSPS) is 12.1. The molecule has 0 unspecified atom stereocenters. The molecule has 0 saturated heterocycles. The summed E-state index contributed by atoms with van der Waals surface area (Å²) in [6.07, 6.45) is 1.56. The van der Waals surface area contributed by atoms with Gasteiger partial charge in [-0.15, -0.1) is 21.5 Å². The van der Waals surface area contributed by atoms with E-state index in [0.717, 1.165) is 16.3 Å². The van der Waals surface area contributed by atoms with Gasteiger partial charge in [0.25, 0.3) is 0 Å². The number of hydrogen-bond donors (Lipinski definition) is 0. The number of benzene rings is 1. The van der Waals surface area contributed by atoms with Crippen LogP contribution in [0.15, 0.2) is 64.1 Å². The van der Waals surface area contributed by atoms with E-state index in [-0.39, 0.29) is 4.90 Å². The molecule has 7 nitrogen and oxygen atoms in total. The second-order valence-electron chi connectivity index (χ2n) is 6.16. The van der Waals surface area contributed by atoms with Gasteiger partial charge in [-0.1, -0.05) is 42.1 Å². The fourth-order valence-corrected chi connectivity index (χ4v) is 5.18. The van der Waals surface area contributed by atoms with Crippen LogP contribution < -0.4 is 0 Å². The summed E-state index contributed by atoms with van der Waals surface area (Å²) in [4.78, 5) is 4.88. The molecular formula is C18H17N5O2S3. The van der Waals surface area contributed by atoms with E-state index in [0.29, 0.717) is 16.6 Å². The first kappa shape index (κ1) is 19.1. The molecule has 0 atom stereocenters. The Balaban J connectivity index is 1.56. The van der Waals surface area contributed by atoms with E-state index in [2.05, 4.69) is 15.2 Å². The number of nitrogens with zero attached hydrogens (tertiary/aromatic N) is 5. The molecule has 144 valence electrons. The van der Waals surface area contributed by atoms with Gasteiger partial charge in [-0.3, -0.25) is 4.40 Å². The van der Waals surface area contributed by atoms with Crippen LogP contribution in [0.5, 0.6) is 0 Å². The molecule has 0 amide bonds. The highest BCUT2D eigenvalue weighted by Gasteiger charge is 2.19. The minimum atomic E-state index is -3.52. The van der Waals surface area contributed by atoms with E-state index in [1.54, 1.807) is 34.1 Å². The first-order chi connectivity index (χ1) is 13.4. The average Bonchev–Trinajstić information content (AvgIpc) is 3.33. The Morgan fingerprint density at radius 2 is 1.89 bits per heavy atom. The fraction of sp³-hybridized carbons (Fsp3) is 0.167. The maximum absolute atomic E-state index is 12.4. The molecule has 0 N–H and O–H groups in total. The van der Waals surface area contributed by atoms with Crippen molar-refractivity contribution in [2.75, 3.05) is 14.1 Å². The second-order valence-corrected chi connectivity index (χ2v) is 10.1. The molecule has 0 aliphatic heterocycles. The third kappa shape index (κ3) is 3.68. The summed E-state index contributed by atoms with van der Waals surface area (Å²) < 4.78 is 27.7. The number of fused-ring (bicyclic) bond motifs is 1. The Kier molecular flexibility index (Phi) is 5.19. The number of sulfonamides is 1. The van der Waals surface area contributed by atoms with Crippen molar-refractivity contribution in [3.8, 4) is 10.6 Å². The van der Waals surface area contributed by atoms with Crippen LogP contribution in [-0.2, 0) is 15.8 Å². The topological polar surface area (TPSA) is 80.5 Å². The van der Waals surface area contributed by atoms with E-state index >= 15 is 0 Å². The molecule has 0 radical (unpaired) electrons. The molecule has 0 bridgehead atoms. The first-order valence-corrected chi connectivity index (χ1v) is 11.7. The molecule has 0 fully saturated rings. The lowest BCUT2D eigenvalue weighted by molar-refractivity contribution is 0.520. The van der Waals surface area contributed by atoms with Crippen molar-refractivity contribution in [3.05, 3.63) is 59.7 Å². The summed E-state index contributed by atoms with van der Waals surface area (Å²) in [7, 11) is -0.505. The van der Waals surface area contributed by atoms with Gasteiger partial charge in [-0.25, -0.2) is 17.7 Å². The molecule has 4 aromatic rings. The Morgan fingerprint density at radius 3 is 2.64 bits per heavy atom. The van der Waals surface area contributed by atoms with Crippen LogP contribution in [0.1, 0.15) is 5.69 Å². The molecule has 28 heavy (non-hydrogen) atoms. The van der Waals surface area contributed by atoms with Gasteiger partial charge < -0.3 is 0 Å². The molecule has 3 heterocycles. The van der Waals surface area contributed by atoms with E-state index in [1.807, 2.05) is 35.7 Å². The van der Waals surface area contributed by atoms with Crippen molar-refractivity contribution in [1.82, 2.24) is 23.9 Å². The lowest BCUT2D eigenvalue weighted by Gasteiger charge is -2.11. The second kappa shape index (κ2) is 7.63. The summed E-state index contributed by atoms with van der Waals surface area (Å²) >= 11 is 3.07. The number of rotatable bonds is 6. The smallest absolute Gasteiger partial charge is 0.244 e. The molecule has 0 aliphatic carbocycles. The van der Waals surface area contributed by atoms with Gasteiger partial charge in [0.2, 0.25) is 10.0 Å². The molecule has 1 aromatic carbocycles. The number of thiazole rings is 1. The van der Waals surface area contributed by atoms with Crippen LogP contribution >= 0.6 is 23.1 Å². The first-order valence-electron chi connectivity index (χ1n) is 8.35. The number of aromatic nitrogens is 4. The lowest BCUT2D eigenvalue weighted by Crippen LogP contribution is -2.22. The fourth-order valence-electron chi connectivity index (χ4n) is 2.54. The van der Waals surface area contributed by atoms with Crippen LogP contribution in [-0.4, -0.2) is 46.4 Å². The zero-order chi connectivity index (χ0) is 19.7. The van der Waals surface area contributed by atoms with Crippen molar-refractivity contribution in [2.24, 2.45) is 0 Å². The predicted molar refractivity (Wildman–Crippen MR) is 111 cm³/mol. The van der Waals surface area contributed by atoms with E-state index in [9.17, 15) is 8.42 Å². The predicted octanol–water partition coefficient (Wildman–Crippen LogP) is 3.40. The van der Waals surface area contributed by atoms with Crippen LogP contribution in [0.2, 0.25) is 0 Å². The van der Waals surface area contributed by atoms with Crippen molar-refractivity contribution in [2.45, 2.75) is 15.8 Å². The highest BCUT2D eigenvalue weighted by molar-refractivity contribution is 7.98. The SMILES string of the molecule is CN(C)S(=O)(=O)c1ccc2nnc(SCc3csc(-c4ccccc4)n3)n2c1. The summed E-state index contributed by atoms with van der Waals surface area (Å²) in [5.74, 6) is 0.620. The van der Waals surface area contributed by atoms with Crippen LogP contribution in [0.3, 0.4) is 0 Å². The van der Waals surface area contributed by atoms with Gasteiger partial charge in [0.1, 0.15) is 5.01 Å². The van der Waals surface area contributed by atoms with Gasteiger partial charge in [0, 0.05) is 37.0 Å². The zero-order valence-corrected chi connectivity index (χ0v) is 17.6. The third-order valence-corrected chi connectivity index (χ3v) is 7.76. The van der Waals surface area contributed by atoms with E-state index in [1.165, 1.54) is 30.2 Å². The van der Waals surface area contributed by atoms with Gasteiger partial charge in [0.15, 0.2) is 10.8 Å². The minimum Gasteiger partial charge on any atom is -0.276 e. The Labute approximate surface area is 171 Å². The monoisotopic (exact) mass is 431 g/mol. The molecule has 0 aliphatic rings. The van der Waals surface area contributed by atoms with Gasteiger partial charge in [-0.05, 0) is 12.1 Å². The van der Waals surface area contributed by atoms with Crippen LogP contribution in [0, 0.1) is 0 Å². The molecule has 3 aromatic heterocycles. The number of thioether (sulfide) groups is 1. The number of hydrogen-bond acceptors (Lipinski definition) is 7. The summed E-state index contributed by atoms with van der Waals surface area (Å²) in [6, 6.07) is 13.2. The van der Waals surface area contributed by atoms with Crippen LogP contribution in [0.25, 0.3) is 16.2 Å². The maximum Gasteiger partial charge on any atom is 0.244 e. The number of pyridine rings is 1. The van der Waals surface area contributed by atoms with Crippen molar-refractivity contribution < 1.29 is 8.42 Å². The maximum atomic E-state index is 12.4. The highest BCUT2D eigenvalue weighted by atomic mass is 32.2. The van der Waals surface area contributed by atoms with Crippen molar-refractivity contribution >= 4 is 38.8 Å². The van der Waals surface area contributed by atoms with E-state index in [4.69, 9.17) is 0 Å². The Hall–Kier alpha value is -2.27. The lowest BCUT2D eigenvalue weighted by atomic mass is 10.2. The van der Waals surface area contributed by atoms with Crippen molar-refractivity contribution in [1.29, 1.82) is 0 Å². The minimum absolute atomic E-state index is 0.201. The molecular weight excluding hydrogens is 414 g/mol. The molecule has 0 spiro atoms. The molecule has 10 heteroatoms. The standard InChI is InChI=1S/C18H17N5O2S3/c1-22(2)28(24,25)15-8-9-16-20-21-18(23(16)10-15)27-12-14-11-26-17(19-14)13-6-4-3-5-7-13/h3-11H,12H2,1-2H3. The summed E-state index contributed by atoms with van der Waals surface area (Å²) in [6.45, 7) is 0. The Morgan fingerprint density at radius 1 is 1.11 bits per heavy atom. The van der Waals surface area contributed by atoms with E-state index < -0.39 is 10.0 Å². The summed E-state index contributed by atoms with van der Waals surface area (Å²) in [5, 5.41) is 11.9. The quantitative estimate of drug-likeness (QED) is 0.435. The third-order valence-electron chi connectivity index (χ3n) is 4.04. The average molecular weight is 432 g/mol. The largest absolute Gasteiger partial charge is 0.276 e. The highest BCUT2D eigenvalue weighted by Crippen LogP contribution is 2.28. The van der Waals surface area contributed by atoms with Crippen molar-refractivity contribution in [3.63, 3.8) is 0 Å². The van der Waals surface area contributed by atoms with Gasteiger partial charge >= 0.3 is 0 Å². The molecule has 0 saturated carbocycles. The van der Waals surface area contributed by atoms with Gasteiger partial charge in [-0.2, -0.15) is 0 Å². The Bertz CT molecular complexity index is 1220. The molecule has 4 rings (SSSR count). The zero-order valence-electron chi connectivity index (χ0n) is 15.2.